The molecule has 108 valence electrons. The average Bonchev–Trinajstić information content (AvgIpc) is 2.46. The van der Waals surface area contributed by atoms with Crippen molar-refractivity contribution >= 4 is 17.7 Å². The molecule has 1 unspecified atom stereocenters. The van der Waals surface area contributed by atoms with Crippen LogP contribution >= 0.6 is 0 Å². The summed E-state index contributed by atoms with van der Waals surface area (Å²) >= 11 is 0. The van der Waals surface area contributed by atoms with Crippen molar-refractivity contribution in [3.63, 3.8) is 0 Å². The number of piperidine rings is 1. The first-order valence-corrected chi connectivity index (χ1v) is 6.89. The number of amides is 2. The zero-order valence-corrected chi connectivity index (χ0v) is 11.9. The van der Waals surface area contributed by atoms with Crippen LogP contribution in [-0.2, 0) is 0 Å². The third-order valence-electron chi connectivity index (χ3n) is 3.83. The summed E-state index contributed by atoms with van der Waals surface area (Å²) < 4.78 is 0. The molecule has 1 N–H and O–H groups in total. The van der Waals surface area contributed by atoms with Crippen molar-refractivity contribution in [2.45, 2.75) is 32.2 Å². The molecule has 1 fully saturated rings. The number of hydrogen-bond donors (Lipinski definition) is 1. The van der Waals surface area contributed by atoms with Gasteiger partial charge in [0.25, 0.3) is 0 Å². The Balaban J connectivity index is 2.24. The molecule has 1 aromatic carbocycles. The van der Waals surface area contributed by atoms with E-state index in [1.807, 2.05) is 11.8 Å². The number of aromatic carboxylic acids is 1. The molecule has 1 aliphatic rings. The first-order valence-electron chi connectivity index (χ1n) is 6.89. The van der Waals surface area contributed by atoms with E-state index in [-0.39, 0.29) is 17.6 Å². The highest BCUT2D eigenvalue weighted by molar-refractivity contribution is 6.01. The van der Waals surface area contributed by atoms with Gasteiger partial charge in [-0.1, -0.05) is 12.1 Å². The molecule has 0 saturated carbocycles. The standard InChI is InChI=1S/C15H20N2O3/c1-11-7-5-6-10-17(11)15(20)16(2)13-9-4-3-8-12(13)14(18)19/h3-4,8-9,11H,5-7,10H2,1-2H3,(H,18,19). The van der Waals surface area contributed by atoms with Crippen molar-refractivity contribution in [2.24, 2.45) is 0 Å². The number of likely N-dealkylation sites (tertiary alicyclic amines) is 1. The normalized spacial score (nSPS) is 18.7. The lowest BCUT2D eigenvalue weighted by atomic mass is 10.0. The topological polar surface area (TPSA) is 60.9 Å². The fourth-order valence-corrected chi connectivity index (χ4v) is 2.62. The number of hydrogen-bond acceptors (Lipinski definition) is 2. The van der Waals surface area contributed by atoms with Gasteiger partial charge in [-0.3, -0.25) is 4.90 Å². The van der Waals surface area contributed by atoms with E-state index in [0.29, 0.717) is 5.69 Å². The molecule has 0 aliphatic carbocycles. The summed E-state index contributed by atoms with van der Waals surface area (Å²) in [5, 5.41) is 9.21. The minimum atomic E-state index is -1.02. The molecule has 0 aromatic heterocycles. The monoisotopic (exact) mass is 276 g/mol. The summed E-state index contributed by atoms with van der Waals surface area (Å²) in [7, 11) is 1.63. The van der Waals surface area contributed by atoms with Crippen LogP contribution in [0.4, 0.5) is 10.5 Å². The number of benzene rings is 1. The summed E-state index contributed by atoms with van der Waals surface area (Å²) in [4.78, 5) is 27.0. The third-order valence-corrected chi connectivity index (χ3v) is 3.83. The van der Waals surface area contributed by atoms with E-state index < -0.39 is 5.97 Å². The van der Waals surface area contributed by atoms with Crippen LogP contribution < -0.4 is 4.90 Å². The third kappa shape index (κ3) is 2.76. The van der Waals surface area contributed by atoms with Crippen LogP contribution in [0.15, 0.2) is 24.3 Å². The number of carbonyl (C=O) groups excluding carboxylic acids is 1. The summed E-state index contributed by atoms with van der Waals surface area (Å²) in [6.07, 6.45) is 3.14. The highest BCUT2D eigenvalue weighted by Gasteiger charge is 2.27. The van der Waals surface area contributed by atoms with E-state index in [0.717, 1.165) is 25.8 Å². The molecule has 0 bridgehead atoms. The summed E-state index contributed by atoms with van der Waals surface area (Å²) in [5.41, 5.74) is 0.579. The molecule has 1 aliphatic heterocycles. The Morgan fingerprint density at radius 3 is 2.65 bits per heavy atom. The van der Waals surface area contributed by atoms with Crippen LogP contribution in [-0.4, -0.2) is 41.6 Å². The van der Waals surface area contributed by atoms with Gasteiger partial charge in [0.2, 0.25) is 0 Å². The lowest BCUT2D eigenvalue weighted by Gasteiger charge is -2.36. The molecule has 2 amide bonds. The Kier molecular flexibility index (Phi) is 4.27. The molecule has 1 heterocycles. The zero-order valence-electron chi connectivity index (χ0n) is 11.9. The van der Waals surface area contributed by atoms with E-state index in [1.54, 1.807) is 25.2 Å². The van der Waals surface area contributed by atoms with Crippen molar-refractivity contribution in [3.05, 3.63) is 29.8 Å². The fourth-order valence-electron chi connectivity index (χ4n) is 2.62. The molecule has 5 nitrogen and oxygen atoms in total. The van der Waals surface area contributed by atoms with Gasteiger partial charge in [-0.15, -0.1) is 0 Å². The number of carboxylic acids is 1. The van der Waals surface area contributed by atoms with Crippen LogP contribution in [0.2, 0.25) is 0 Å². The maximum atomic E-state index is 12.5. The average molecular weight is 276 g/mol. The van der Waals surface area contributed by atoms with Crippen molar-refractivity contribution in [1.82, 2.24) is 4.90 Å². The Morgan fingerprint density at radius 2 is 2.00 bits per heavy atom. The molecular weight excluding hydrogens is 256 g/mol. The van der Waals surface area contributed by atoms with Gasteiger partial charge >= 0.3 is 12.0 Å². The molecule has 2 rings (SSSR count). The summed E-state index contributed by atoms with van der Waals surface area (Å²) in [6, 6.07) is 6.65. The van der Waals surface area contributed by atoms with Gasteiger partial charge in [0.15, 0.2) is 0 Å². The highest BCUT2D eigenvalue weighted by Crippen LogP contribution is 2.23. The Bertz CT molecular complexity index is 516. The Hall–Kier alpha value is -2.04. The molecule has 0 spiro atoms. The van der Waals surface area contributed by atoms with E-state index >= 15 is 0 Å². The zero-order chi connectivity index (χ0) is 14.7. The Morgan fingerprint density at radius 1 is 1.30 bits per heavy atom. The van der Waals surface area contributed by atoms with Crippen molar-refractivity contribution in [2.75, 3.05) is 18.5 Å². The van der Waals surface area contributed by atoms with Gasteiger partial charge in [0.1, 0.15) is 0 Å². The smallest absolute Gasteiger partial charge is 0.337 e. The predicted octanol–water partition coefficient (Wildman–Crippen LogP) is 2.82. The first-order chi connectivity index (χ1) is 9.52. The number of nitrogens with zero attached hydrogens (tertiary/aromatic N) is 2. The van der Waals surface area contributed by atoms with Gasteiger partial charge < -0.3 is 10.0 Å². The van der Waals surface area contributed by atoms with E-state index in [1.165, 1.54) is 11.0 Å². The largest absolute Gasteiger partial charge is 0.478 e. The molecule has 20 heavy (non-hydrogen) atoms. The van der Waals surface area contributed by atoms with Gasteiger partial charge in [-0.2, -0.15) is 0 Å². The van der Waals surface area contributed by atoms with Gasteiger partial charge in [-0.25, -0.2) is 9.59 Å². The molecule has 1 atom stereocenters. The second-order valence-electron chi connectivity index (χ2n) is 5.20. The minimum Gasteiger partial charge on any atom is -0.478 e. The summed E-state index contributed by atoms with van der Waals surface area (Å²) in [6.45, 7) is 2.77. The van der Waals surface area contributed by atoms with Crippen molar-refractivity contribution in [3.8, 4) is 0 Å². The predicted molar refractivity (Wildman–Crippen MR) is 77.2 cm³/mol. The number of carboxylic acid groups (broad SMARTS) is 1. The number of urea groups is 1. The Labute approximate surface area is 118 Å². The minimum absolute atomic E-state index is 0.133. The van der Waals surface area contributed by atoms with Gasteiger partial charge in [-0.05, 0) is 38.3 Å². The van der Waals surface area contributed by atoms with E-state index in [4.69, 9.17) is 0 Å². The van der Waals surface area contributed by atoms with Gasteiger partial charge in [0.05, 0.1) is 11.3 Å². The first kappa shape index (κ1) is 14.4. The lowest BCUT2D eigenvalue weighted by Crippen LogP contribution is -2.48. The van der Waals surface area contributed by atoms with E-state index in [9.17, 15) is 14.7 Å². The number of anilines is 1. The molecular formula is C15H20N2O3. The molecule has 1 saturated heterocycles. The van der Waals surface area contributed by atoms with Crippen LogP contribution in [0.1, 0.15) is 36.5 Å². The quantitative estimate of drug-likeness (QED) is 0.903. The van der Waals surface area contributed by atoms with Crippen molar-refractivity contribution in [1.29, 1.82) is 0 Å². The molecule has 1 aromatic rings. The number of para-hydroxylation sites is 1. The second kappa shape index (κ2) is 5.94. The number of carbonyl (C=O) groups is 2. The fraction of sp³-hybridized carbons (Fsp3) is 0.467. The van der Waals surface area contributed by atoms with Crippen LogP contribution in [0.5, 0.6) is 0 Å². The molecule has 5 heteroatoms. The lowest BCUT2D eigenvalue weighted by molar-refractivity contribution is 0.0697. The molecule has 0 radical (unpaired) electrons. The maximum absolute atomic E-state index is 12.5. The van der Waals surface area contributed by atoms with Gasteiger partial charge in [0, 0.05) is 19.6 Å². The van der Waals surface area contributed by atoms with Crippen molar-refractivity contribution < 1.29 is 14.7 Å². The van der Waals surface area contributed by atoms with Crippen LogP contribution in [0, 0.1) is 0 Å². The second-order valence-corrected chi connectivity index (χ2v) is 5.20. The summed E-state index contributed by atoms with van der Waals surface area (Å²) in [5.74, 6) is -1.02. The van der Waals surface area contributed by atoms with Crippen LogP contribution in [0.25, 0.3) is 0 Å². The maximum Gasteiger partial charge on any atom is 0.337 e. The highest BCUT2D eigenvalue weighted by atomic mass is 16.4. The van der Waals surface area contributed by atoms with E-state index in [2.05, 4.69) is 0 Å². The van der Waals surface area contributed by atoms with Crippen LogP contribution in [0.3, 0.4) is 0 Å². The number of rotatable bonds is 2. The SMILES string of the molecule is CC1CCCCN1C(=O)N(C)c1ccccc1C(=O)O.